The fourth-order valence-corrected chi connectivity index (χ4v) is 5.18. The predicted molar refractivity (Wildman–Crippen MR) is 132 cm³/mol. The Balaban J connectivity index is 1.83. The lowest BCUT2D eigenvalue weighted by Gasteiger charge is -2.46. The Morgan fingerprint density at radius 2 is 1.67 bits per heavy atom. The average molecular weight is 470 g/mol. The molecule has 0 aliphatic carbocycles. The quantitative estimate of drug-likeness (QED) is 0.496. The zero-order valence-corrected chi connectivity index (χ0v) is 19.9. The zero-order valence-electron chi connectivity index (χ0n) is 19.1. The summed E-state index contributed by atoms with van der Waals surface area (Å²) in [5, 5.41) is 0. The highest BCUT2D eigenvalue weighted by Gasteiger charge is 2.38. The smallest absolute Gasteiger partial charge is 0.264 e. The molecule has 0 fully saturated rings. The lowest BCUT2D eigenvalue weighted by atomic mass is 10.0. The number of hydrogen-bond donors (Lipinski definition) is 1. The maximum atomic E-state index is 11.8. The van der Waals surface area contributed by atoms with Crippen LogP contribution >= 0.6 is 0 Å². The van der Waals surface area contributed by atoms with E-state index in [1.165, 1.54) is 5.70 Å². The lowest BCUT2D eigenvalue weighted by Crippen LogP contribution is -2.51. The number of anilines is 2. The van der Waals surface area contributed by atoms with E-state index in [0.29, 0.717) is 11.5 Å². The largest absolute Gasteiger partial charge is 0.453 e. The normalized spacial score (nSPS) is 18.3. The number of allylic oxidation sites excluding steroid dienone is 2. The zero-order chi connectivity index (χ0) is 23.4. The first-order chi connectivity index (χ1) is 15.9. The van der Waals surface area contributed by atoms with E-state index in [2.05, 4.69) is 29.7 Å². The molecule has 0 amide bonds. The van der Waals surface area contributed by atoms with Crippen LogP contribution in [-0.4, -0.2) is 48.6 Å². The van der Waals surface area contributed by atoms with Crippen molar-refractivity contribution in [3.8, 4) is 11.5 Å². The molecule has 0 saturated carbocycles. The molecule has 0 spiro atoms. The van der Waals surface area contributed by atoms with E-state index in [4.69, 9.17) is 9.73 Å². The number of fused-ring (bicyclic) bond motifs is 2. The van der Waals surface area contributed by atoms with Crippen LogP contribution < -0.4 is 9.64 Å². The van der Waals surface area contributed by atoms with Crippen molar-refractivity contribution in [1.82, 2.24) is 4.90 Å². The van der Waals surface area contributed by atoms with Crippen molar-refractivity contribution >= 4 is 27.7 Å². The van der Waals surface area contributed by atoms with Crippen LogP contribution in [0.4, 0.5) is 11.4 Å². The van der Waals surface area contributed by atoms with Gasteiger partial charge in [-0.15, -0.1) is 0 Å². The second kappa shape index (κ2) is 9.97. The minimum absolute atomic E-state index is 0.211. The molecule has 8 heteroatoms. The number of benzene rings is 2. The van der Waals surface area contributed by atoms with E-state index in [-0.39, 0.29) is 24.4 Å². The first-order valence-electron chi connectivity index (χ1n) is 11.5. The summed E-state index contributed by atoms with van der Waals surface area (Å²) in [5.74, 6) is 1.07. The molecule has 0 aromatic heterocycles. The van der Waals surface area contributed by atoms with Gasteiger partial charge in [0.1, 0.15) is 6.17 Å². The van der Waals surface area contributed by atoms with Gasteiger partial charge in [0.2, 0.25) is 0 Å². The molecule has 0 radical (unpaired) electrons. The van der Waals surface area contributed by atoms with Crippen molar-refractivity contribution in [2.45, 2.75) is 51.7 Å². The standard InChI is InChI=1S/C25H31N3O4S/c1-3-9-19-14-16-26-25(27(19)17-4-2)22(15-18-33(29,30)31)28-20-10-5-7-12-23(20)32-24-13-8-6-11-21(24)28/h5-8,10-14,16,22,25H,3-4,9,15,17-18H2,1-2H3,(H,29,30,31). The van der Waals surface area contributed by atoms with Gasteiger partial charge in [-0.3, -0.25) is 9.55 Å². The molecule has 2 aromatic rings. The van der Waals surface area contributed by atoms with Crippen LogP contribution in [0.2, 0.25) is 0 Å². The van der Waals surface area contributed by atoms with Gasteiger partial charge in [0.15, 0.2) is 11.5 Å². The third-order valence-corrected chi connectivity index (χ3v) is 6.73. The van der Waals surface area contributed by atoms with Crippen LogP contribution in [0, 0.1) is 0 Å². The Morgan fingerprint density at radius 1 is 1.03 bits per heavy atom. The van der Waals surface area contributed by atoms with Crippen LogP contribution in [0.3, 0.4) is 0 Å². The Morgan fingerprint density at radius 3 is 2.24 bits per heavy atom. The van der Waals surface area contributed by atoms with E-state index >= 15 is 0 Å². The maximum absolute atomic E-state index is 11.8. The molecule has 1 N–H and O–H groups in total. The van der Waals surface area contributed by atoms with E-state index in [0.717, 1.165) is 37.2 Å². The number of rotatable bonds is 9. The van der Waals surface area contributed by atoms with Gasteiger partial charge in [-0.2, -0.15) is 8.42 Å². The average Bonchev–Trinajstić information content (AvgIpc) is 2.79. The number of aliphatic imine (C=N–C) groups is 1. The van der Waals surface area contributed by atoms with Gasteiger partial charge in [0, 0.05) is 18.5 Å². The molecule has 2 aliphatic heterocycles. The summed E-state index contributed by atoms with van der Waals surface area (Å²) < 4.78 is 39.4. The molecule has 2 unspecified atom stereocenters. The second-order valence-corrected chi connectivity index (χ2v) is 9.93. The molecule has 2 aliphatic rings. The van der Waals surface area contributed by atoms with Crippen LogP contribution in [0.25, 0.3) is 0 Å². The van der Waals surface area contributed by atoms with Crippen LogP contribution in [-0.2, 0) is 10.1 Å². The van der Waals surface area contributed by atoms with Crippen LogP contribution in [0.1, 0.15) is 39.5 Å². The summed E-state index contributed by atoms with van der Waals surface area (Å²) in [6.07, 6.45) is 6.65. The topological polar surface area (TPSA) is 82.4 Å². The highest BCUT2D eigenvalue weighted by Crippen LogP contribution is 2.48. The first-order valence-corrected chi connectivity index (χ1v) is 13.1. The van der Waals surface area contributed by atoms with Gasteiger partial charge in [-0.05, 0) is 49.6 Å². The van der Waals surface area contributed by atoms with E-state index < -0.39 is 10.1 Å². The minimum atomic E-state index is -4.15. The van der Waals surface area contributed by atoms with Gasteiger partial charge in [-0.25, -0.2) is 0 Å². The van der Waals surface area contributed by atoms with E-state index in [1.54, 1.807) is 0 Å². The Bertz CT molecular complexity index is 1100. The van der Waals surface area contributed by atoms with Crippen LogP contribution in [0.5, 0.6) is 11.5 Å². The third-order valence-electron chi connectivity index (χ3n) is 5.98. The number of hydrogen-bond acceptors (Lipinski definition) is 6. The molecule has 4 rings (SSSR count). The molecule has 2 aromatic carbocycles. The first kappa shape index (κ1) is 23.3. The molecule has 0 bridgehead atoms. The number of nitrogens with zero attached hydrogens (tertiary/aromatic N) is 3. The fourth-order valence-electron chi connectivity index (χ4n) is 4.64. The lowest BCUT2D eigenvalue weighted by molar-refractivity contribution is 0.212. The molecular formula is C25H31N3O4S. The molecule has 7 nitrogen and oxygen atoms in total. The van der Waals surface area contributed by atoms with Gasteiger partial charge >= 0.3 is 0 Å². The summed E-state index contributed by atoms with van der Waals surface area (Å²) in [5.41, 5.74) is 2.91. The van der Waals surface area contributed by atoms with Gasteiger partial charge < -0.3 is 14.5 Å². The maximum Gasteiger partial charge on any atom is 0.264 e. The summed E-state index contributed by atoms with van der Waals surface area (Å²) in [6.45, 7) is 5.09. The summed E-state index contributed by atoms with van der Waals surface area (Å²) >= 11 is 0. The Labute approximate surface area is 196 Å². The van der Waals surface area contributed by atoms with Crippen molar-refractivity contribution < 1.29 is 17.7 Å². The van der Waals surface area contributed by atoms with E-state index in [9.17, 15) is 13.0 Å². The highest BCUT2D eigenvalue weighted by atomic mass is 32.2. The fraction of sp³-hybridized carbons (Fsp3) is 0.400. The number of para-hydroxylation sites is 4. The molecule has 2 atom stereocenters. The number of ether oxygens (including phenoxy) is 1. The van der Waals surface area contributed by atoms with Crippen molar-refractivity contribution in [1.29, 1.82) is 0 Å². The van der Waals surface area contributed by atoms with Gasteiger partial charge in [0.05, 0.1) is 23.2 Å². The molecule has 33 heavy (non-hydrogen) atoms. The van der Waals surface area contributed by atoms with Crippen LogP contribution in [0.15, 0.2) is 65.3 Å². The molecule has 2 heterocycles. The third kappa shape index (κ3) is 5.07. The van der Waals surface area contributed by atoms with Gasteiger partial charge in [-0.1, -0.05) is 44.5 Å². The van der Waals surface area contributed by atoms with Crippen molar-refractivity contribution in [3.05, 3.63) is 60.3 Å². The summed E-state index contributed by atoms with van der Waals surface area (Å²) in [4.78, 5) is 9.28. The molecular weight excluding hydrogens is 438 g/mol. The molecule has 176 valence electrons. The van der Waals surface area contributed by atoms with E-state index in [1.807, 2.05) is 54.7 Å². The minimum Gasteiger partial charge on any atom is -0.453 e. The van der Waals surface area contributed by atoms with Crippen molar-refractivity contribution in [3.63, 3.8) is 0 Å². The summed E-state index contributed by atoms with van der Waals surface area (Å²) in [7, 11) is -4.15. The Hall–Kier alpha value is -2.84. The Kier molecular flexibility index (Phi) is 7.05. The SMILES string of the molecule is CCCC1=CC=NC(C(CCS(=O)(=O)O)N2c3ccccc3Oc3ccccc32)N1CCC. The van der Waals surface area contributed by atoms with Gasteiger partial charge in [0.25, 0.3) is 10.1 Å². The predicted octanol–water partition coefficient (Wildman–Crippen LogP) is 5.38. The van der Waals surface area contributed by atoms with Crippen molar-refractivity contribution in [2.75, 3.05) is 17.2 Å². The summed E-state index contributed by atoms with van der Waals surface area (Å²) in [6, 6.07) is 15.2. The second-order valence-electron chi connectivity index (χ2n) is 8.36. The van der Waals surface area contributed by atoms with Crippen molar-refractivity contribution in [2.24, 2.45) is 4.99 Å². The molecule has 0 saturated heterocycles. The highest BCUT2D eigenvalue weighted by molar-refractivity contribution is 7.85. The monoisotopic (exact) mass is 469 g/mol.